The molecule has 0 saturated heterocycles. The molecule has 0 spiro atoms. The molecule has 1 rings (SSSR count). The lowest BCUT2D eigenvalue weighted by Crippen LogP contribution is -2.17. The molecule has 1 aromatic heterocycles. The molecule has 0 aliphatic carbocycles. The molecule has 0 saturated carbocycles. The Labute approximate surface area is 118 Å². The van der Waals surface area contributed by atoms with E-state index in [-0.39, 0.29) is 0 Å². The van der Waals surface area contributed by atoms with Crippen LogP contribution in [-0.2, 0) is 13.6 Å². The van der Waals surface area contributed by atoms with Gasteiger partial charge in [0, 0.05) is 7.05 Å². The fourth-order valence-corrected chi connectivity index (χ4v) is 2.19. The van der Waals surface area contributed by atoms with E-state index in [1.165, 1.54) is 51.4 Å². The van der Waals surface area contributed by atoms with Crippen molar-refractivity contribution >= 4 is 0 Å². The van der Waals surface area contributed by atoms with Gasteiger partial charge < -0.3 is 9.88 Å². The monoisotopic (exact) mass is 266 g/mol. The van der Waals surface area contributed by atoms with E-state index in [4.69, 9.17) is 0 Å². The summed E-state index contributed by atoms with van der Waals surface area (Å²) >= 11 is 0. The lowest BCUT2D eigenvalue weighted by Gasteiger charge is -2.05. The molecule has 0 aliphatic rings. The maximum Gasteiger partial charge on any atom is 0.146 e. The fourth-order valence-electron chi connectivity index (χ4n) is 2.19. The highest BCUT2D eigenvalue weighted by Crippen LogP contribution is 2.07. The zero-order valence-corrected chi connectivity index (χ0v) is 12.9. The second kappa shape index (κ2) is 9.96. The highest BCUT2D eigenvalue weighted by atomic mass is 15.3. The smallest absolute Gasteiger partial charge is 0.146 e. The van der Waals surface area contributed by atoms with E-state index in [9.17, 15) is 0 Å². The summed E-state index contributed by atoms with van der Waals surface area (Å²) < 4.78 is 2.04. The van der Waals surface area contributed by atoms with Crippen LogP contribution in [0.3, 0.4) is 0 Å². The number of hydrogen-bond donors (Lipinski definition) is 1. The van der Waals surface area contributed by atoms with E-state index in [1.54, 1.807) is 0 Å². The van der Waals surface area contributed by atoms with E-state index < -0.39 is 0 Å². The van der Waals surface area contributed by atoms with E-state index in [2.05, 4.69) is 22.4 Å². The predicted molar refractivity (Wildman–Crippen MR) is 80.1 cm³/mol. The number of hydrogen-bond acceptors (Lipinski definition) is 3. The Morgan fingerprint density at radius 3 is 2.16 bits per heavy atom. The highest BCUT2D eigenvalue weighted by molar-refractivity contribution is 4.91. The highest BCUT2D eigenvalue weighted by Gasteiger charge is 2.03. The SMILES string of the molecule is CCCCCCCCCCNCc1nnc(C)n1C. The Morgan fingerprint density at radius 1 is 0.947 bits per heavy atom. The van der Waals surface area contributed by atoms with Gasteiger partial charge in [-0.25, -0.2) is 0 Å². The van der Waals surface area contributed by atoms with Crippen molar-refractivity contribution in [1.82, 2.24) is 20.1 Å². The molecule has 0 radical (unpaired) electrons. The third-order valence-corrected chi connectivity index (χ3v) is 3.67. The molecule has 4 nitrogen and oxygen atoms in total. The summed E-state index contributed by atoms with van der Waals surface area (Å²) in [4.78, 5) is 0. The van der Waals surface area contributed by atoms with Crippen molar-refractivity contribution in [2.45, 2.75) is 71.8 Å². The molecule has 0 amide bonds. The molecular weight excluding hydrogens is 236 g/mol. The van der Waals surface area contributed by atoms with Crippen molar-refractivity contribution in [3.05, 3.63) is 11.6 Å². The Kier molecular flexibility index (Phi) is 8.47. The number of rotatable bonds is 11. The molecule has 1 aromatic rings. The van der Waals surface area contributed by atoms with Crippen molar-refractivity contribution in [3.63, 3.8) is 0 Å². The molecular formula is C15H30N4. The van der Waals surface area contributed by atoms with E-state index in [0.29, 0.717) is 0 Å². The van der Waals surface area contributed by atoms with Crippen LogP contribution in [0.4, 0.5) is 0 Å². The average molecular weight is 266 g/mol. The summed E-state index contributed by atoms with van der Waals surface area (Å²) in [5.74, 6) is 2.00. The molecule has 110 valence electrons. The summed E-state index contributed by atoms with van der Waals surface area (Å²) in [7, 11) is 2.02. The van der Waals surface area contributed by atoms with Crippen molar-refractivity contribution in [2.75, 3.05) is 6.54 Å². The quantitative estimate of drug-likeness (QED) is 0.625. The van der Waals surface area contributed by atoms with Crippen LogP contribution >= 0.6 is 0 Å². The van der Waals surface area contributed by atoms with Gasteiger partial charge in [-0.3, -0.25) is 0 Å². The zero-order valence-electron chi connectivity index (χ0n) is 12.9. The average Bonchev–Trinajstić information content (AvgIpc) is 2.73. The van der Waals surface area contributed by atoms with Gasteiger partial charge in [0.1, 0.15) is 11.6 Å². The molecule has 1 heterocycles. The topological polar surface area (TPSA) is 42.7 Å². The Balaban J connectivity index is 1.90. The third-order valence-electron chi connectivity index (χ3n) is 3.67. The van der Waals surface area contributed by atoms with Crippen LogP contribution in [0.1, 0.15) is 69.9 Å². The number of aromatic nitrogens is 3. The van der Waals surface area contributed by atoms with Gasteiger partial charge in [-0.1, -0.05) is 51.9 Å². The van der Waals surface area contributed by atoms with Gasteiger partial charge in [-0.15, -0.1) is 10.2 Å². The van der Waals surface area contributed by atoms with E-state index in [1.807, 2.05) is 18.5 Å². The van der Waals surface area contributed by atoms with Crippen LogP contribution in [0.5, 0.6) is 0 Å². The predicted octanol–water partition coefficient (Wildman–Crippen LogP) is 3.35. The van der Waals surface area contributed by atoms with E-state index in [0.717, 1.165) is 24.7 Å². The van der Waals surface area contributed by atoms with Crippen molar-refractivity contribution in [1.29, 1.82) is 0 Å². The summed E-state index contributed by atoms with van der Waals surface area (Å²) in [6.45, 7) is 6.16. The van der Waals surface area contributed by atoms with Gasteiger partial charge >= 0.3 is 0 Å². The van der Waals surface area contributed by atoms with Crippen LogP contribution in [0.25, 0.3) is 0 Å². The maximum atomic E-state index is 4.14. The standard InChI is InChI=1S/C15H30N4/c1-4-5-6-7-8-9-10-11-12-16-13-15-18-17-14(2)19(15)3/h16H,4-13H2,1-3H3. The third kappa shape index (κ3) is 6.71. The summed E-state index contributed by atoms with van der Waals surface area (Å²) in [6.07, 6.45) is 11.0. The second-order valence-corrected chi connectivity index (χ2v) is 5.37. The first-order valence-electron chi connectivity index (χ1n) is 7.81. The molecule has 1 N–H and O–H groups in total. The van der Waals surface area contributed by atoms with Crippen molar-refractivity contribution in [3.8, 4) is 0 Å². The number of unbranched alkanes of at least 4 members (excludes halogenated alkanes) is 7. The molecule has 0 fully saturated rings. The minimum atomic E-state index is 0.827. The summed E-state index contributed by atoms with van der Waals surface area (Å²) in [5, 5.41) is 11.6. The first kappa shape index (κ1) is 16.2. The van der Waals surface area contributed by atoms with Gasteiger partial charge in [0.15, 0.2) is 0 Å². The zero-order chi connectivity index (χ0) is 13.9. The minimum absolute atomic E-state index is 0.827. The molecule has 0 unspecified atom stereocenters. The molecule has 0 aromatic carbocycles. The van der Waals surface area contributed by atoms with Crippen LogP contribution in [0, 0.1) is 6.92 Å². The first-order valence-corrected chi connectivity index (χ1v) is 7.81. The minimum Gasteiger partial charge on any atom is -0.317 e. The molecule has 19 heavy (non-hydrogen) atoms. The molecule has 4 heteroatoms. The lowest BCUT2D eigenvalue weighted by atomic mass is 10.1. The Morgan fingerprint density at radius 2 is 1.58 bits per heavy atom. The second-order valence-electron chi connectivity index (χ2n) is 5.37. The largest absolute Gasteiger partial charge is 0.317 e. The van der Waals surface area contributed by atoms with Crippen molar-refractivity contribution in [2.24, 2.45) is 7.05 Å². The summed E-state index contributed by atoms with van der Waals surface area (Å²) in [5.41, 5.74) is 0. The van der Waals surface area contributed by atoms with E-state index >= 15 is 0 Å². The Bertz CT molecular complexity index is 333. The molecule has 0 bridgehead atoms. The normalized spacial score (nSPS) is 11.1. The number of aryl methyl sites for hydroxylation is 1. The van der Waals surface area contributed by atoms with Crippen LogP contribution in [-0.4, -0.2) is 21.3 Å². The van der Waals surface area contributed by atoms with Crippen molar-refractivity contribution < 1.29 is 0 Å². The molecule has 0 aliphatic heterocycles. The Hall–Kier alpha value is -0.900. The number of nitrogens with zero attached hydrogens (tertiary/aromatic N) is 3. The van der Waals surface area contributed by atoms with Gasteiger partial charge in [-0.05, 0) is 19.9 Å². The van der Waals surface area contributed by atoms with Gasteiger partial charge in [-0.2, -0.15) is 0 Å². The van der Waals surface area contributed by atoms with Crippen LogP contribution < -0.4 is 5.32 Å². The first-order chi connectivity index (χ1) is 9.25. The fraction of sp³-hybridized carbons (Fsp3) is 0.867. The maximum absolute atomic E-state index is 4.14. The van der Waals surface area contributed by atoms with Gasteiger partial charge in [0.25, 0.3) is 0 Å². The van der Waals surface area contributed by atoms with Gasteiger partial charge in [0.05, 0.1) is 6.54 Å². The lowest BCUT2D eigenvalue weighted by molar-refractivity contribution is 0.547. The van der Waals surface area contributed by atoms with Gasteiger partial charge in [0.2, 0.25) is 0 Å². The van der Waals surface area contributed by atoms with Crippen LogP contribution in [0.15, 0.2) is 0 Å². The number of nitrogens with one attached hydrogen (secondary N) is 1. The molecule has 0 atom stereocenters. The summed E-state index contributed by atoms with van der Waals surface area (Å²) in [6, 6.07) is 0. The van der Waals surface area contributed by atoms with Crippen LogP contribution in [0.2, 0.25) is 0 Å².